The van der Waals surface area contributed by atoms with Crippen LogP contribution in [-0.2, 0) is 12.7 Å². The summed E-state index contributed by atoms with van der Waals surface area (Å²) in [6.07, 6.45) is -3.85. The van der Waals surface area contributed by atoms with Crippen LogP contribution in [0.4, 0.5) is 31.0 Å². The first-order valence-electron chi connectivity index (χ1n) is 8.55. The van der Waals surface area contributed by atoms with Crippen LogP contribution in [0.3, 0.4) is 0 Å². The molecule has 2 rings (SSSR count). The molecule has 0 aliphatic rings. The molecule has 0 amide bonds. The number of aromatic nitrogens is 3. The summed E-state index contributed by atoms with van der Waals surface area (Å²) < 4.78 is 38.5. The minimum atomic E-state index is -4.39. The van der Waals surface area contributed by atoms with Gasteiger partial charge in [0, 0.05) is 25.7 Å². The zero-order valence-electron chi connectivity index (χ0n) is 15.1. The van der Waals surface area contributed by atoms with E-state index in [2.05, 4.69) is 30.9 Å². The molecule has 1 heterocycles. The van der Waals surface area contributed by atoms with Gasteiger partial charge in [0.2, 0.25) is 17.8 Å². The molecule has 0 fully saturated rings. The molecule has 0 spiro atoms. The first kappa shape index (κ1) is 20.7. The Labute approximate surface area is 155 Å². The number of anilines is 3. The van der Waals surface area contributed by atoms with Crippen molar-refractivity contribution in [3.05, 3.63) is 35.4 Å². The molecule has 0 saturated carbocycles. The van der Waals surface area contributed by atoms with Gasteiger partial charge in [-0.3, -0.25) is 0 Å². The number of aliphatic hydroxyl groups is 1. The van der Waals surface area contributed by atoms with Crippen LogP contribution in [0.25, 0.3) is 0 Å². The lowest BCUT2D eigenvalue weighted by Crippen LogP contribution is -2.17. The predicted molar refractivity (Wildman–Crippen MR) is 97.5 cm³/mol. The molecule has 7 nitrogen and oxygen atoms in total. The third-order valence-electron chi connectivity index (χ3n) is 3.38. The predicted octanol–water partition coefficient (Wildman–Crippen LogP) is 3.12. The topological polar surface area (TPSA) is 95.0 Å². The van der Waals surface area contributed by atoms with Gasteiger partial charge in [-0.2, -0.15) is 28.1 Å². The van der Waals surface area contributed by atoms with Crippen molar-refractivity contribution in [2.75, 3.05) is 29.1 Å². The van der Waals surface area contributed by atoms with Gasteiger partial charge >= 0.3 is 6.18 Å². The summed E-state index contributed by atoms with van der Waals surface area (Å²) in [7, 11) is 0. The zero-order valence-corrected chi connectivity index (χ0v) is 15.1. The Bertz CT molecular complexity index is 739. The fourth-order valence-electron chi connectivity index (χ4n) is 2.17. The summed E-state index contributed by atoms with van der Waals surface area (Å²) >= 11 is 0. The molecule has 0 atom stereocenters. The van der Waals surface area contributed by atoms with E-state index in [1.165, 1.54) is 6.07 Å². The summed E-state index contributed by atoms with van der Waals surface area (Å²) in [5.74, 6) is 0.892. The third-order valence-corrected chi connectivity index (χ3v) is 3.38. The van der Waals surface area contributed by atoms with Crippen LogP contribution in [0.5, 0.6) is 0 Å². The average Bonchev–Trinajstić information content (AvgIpc) is 2.59. The minimum absolute atomic E-state index is 0.0375. The SMILES string of the molecule is CC(C)Nc1nc(NCCCO)nc(NCc2cccc(C(F)(F)F)c2)n1. The molecule has 148 valence electrons. The van der Waals surface area contributed by atoms with E-state index in [-0.39, 0.29) is 25.1 Å². The van der Waals surface area contributed by atoms with Gasteiger partial charge in [0.05, 0.1) is 5.56 Å². The molecule has 0 aliphatic heterocycles. The van der Waals surface area contributed by atoms with Crippen LogP contribution in [0, 0.1) is 0 Å². The van der Waals surface area contributed by atoms with Crippen molar-refractivity contribution >= 4 is 17.8 Å². The number of aliphatic hydroxyl groups excluding tert-OH is 1. The molecule has 27 heavy (non-hydrogen) atoms. The van der Waals surface area contributed by atoms with Crippen molar-refractivity contribution in [1.82, 2.24) is 15.0 Å². The second-order valence-corrected chi connectivity index (χ2v) is 6.16. The van der Waals surface area contributed by atoms with Gasteiger partial charge in [-0.25, -0.2) is 0 Å². The molecule has 0 aliphatic carbocycles. The fraction of sp³-hybridized carbons (Fsp3) is 0.471. The largest absolute Gasteiger partial charge is 0.416 e. The zero-order chi connectivity index (χ0) is 19.9. The van der Waals surface area contributed by atoms with E-state index in [4.69, 9.17) is 5.11 Å². The van der Waals surface area contributed by atoms with Gasteiger partial charge in [0.15, 0.2) is 0 Å². The molecular weight excluding hydrogens is 361 g/mol. The second kappa shape index (κ2) is 9.36. The van der Waals surface area contributed by atoms with E-state index in [0.29, 0.717) is 30.4 Å². The third kappa shape index (κ3) is 6.89. The standard InChI is InChI=1S/C17H23F3N6O/c1-11(2)23-16-25-14(21-7-4-8-27)24-15(26-16)22-10-12-5-3-6-13(9-12)17(18,19)20/h3,5-6,9,11,27H,4,7-8,10H2,1-2H3,(H3,21,22,23,24,25,26). The monoisotopic (exact) mass is 384 g/mol. The lowest BCUT2D eigenvalue weighted by molar-refractivity contribution is -0.137. The number of nitrogens with one attached hydrogen (secondary N) is 3. The maximum atomic E-state index is 12.8. The van der Waals surface area contributed by atoms with Crippen molar-refractivity contribution in [2.45, 2.75) is 39.0 Å². The van der Waals surface area contributed by atoms with Crippen LogP contribution in [0.2, 0.25) is 0 Å². The van der Waals surface area contributed by atoms with Crippen molar-refractivity contribution < 1.29 is 18.3 Å². The number of nitrogens with zero attached hydrogens (tertiary/aromatic N) is 3. The molecule has 0 saturated heterocycles. The first-order valence-corrected chi connectivity index (χ1v) is 8.55. The summed E-state index contributed by atoms with van der Waals surface area (Å²) in [6.45, 7) is 4.51. The van der Waals surface area contributed by atoms with Crippen LogP contribution >= 0.6 is 0 Å². The van der Waals surface area contributed by atoms with Crippen molar-refractivity contribution in [3.8, 4) is 0 Å². The first-order chi connectivity index (χ1) is 12.8. The van der Waals surface area contributed by atoms with Gasteiger partial charge in [0.1, 0.15) is 0 Å². The van der Waals surface area contributed by atoms with Crippen molar-refractivity contribution in [1.29, 1.82) is 0 Å². The quantitative estimate of drug-likeness (QED) is 0.494. The van der Waals surface area contributed by atoms with Crippen LogP contribution in [0.15, 0.2) is 24.3 Å². The fourth-order valence-corrected chi connectivity index (χ4v) is 2.17. The Morgan fingerprint density at radius 1 is 1.04 bits per heavy atom. The lowest BCUT2D eigenvalue weighted by Gasteiger charge is -2.13. The Morgan fingerprint density at radius 3 is 2.33 bits per heavy atom. The summed E-state index contributed by atoms with van der Waals surface area (Å²) in [5.41, 5.74) is -0.246. The number of rotatable bonds is 9. The molecule has 1 aromatic heterocycles. The smallest absolute Gasteiger partial charge is 0.396 e. The average molecular weight is 384 g/mol. The van der Waals surface area contributed by atoms with E-state index in [1.54, 1.807) is 6.07 Å². The van der Waals surface area contributed by atoms with E-state index in [9.17, 15) is 13.2 Å². The lowest BCUT2D eigenvalue weighted by atomic mass is 10.1. The van der Waals surface area contributed by atoms with Crippen LogP contribution in [0.1, 0.15) is 31.4 Å². The van der Waals surface area contributed by atoms with Gasteiger partial charge < -0.3 is 21.1 Å². The summed E-state index contributed by atoms with van der Waals surface area (Å²) in [5, 5.41) is 17.8. The van der Waals surface area contributed by atoms with E-state index in [1.807, 2.05) is 13.8 Å². The van der Waals surface area contributed by atoms with E-state index in [0.717, 1.165) is 12.1 Å². The van der Waals surface area contributed by atoms with Crippen LogP contribution < -0.4 is 16.0 Å². The number of halogens is 3. The highest BCUT2D eigenvalue weighted by Gasteiger charge is 2.30. The normalized spacial score (nSPS) is 11.5. The van der Waals surface area contributed by atoms with E-state index < -0.39 is 11.7 Å². The van der Waals surface area contributed by atoms with Crippen molar-refractivity contribution in [3.63, 3.8) is 0 Å². The Morgan fingerprint density at radius 2 is 1.70 bits per heavy atom. The molecule has 4 N–H and O–H groups in total. The number of benzene rings is 1. The molecule has 0 radical (unpaired) electrons. The van der Waals surface area contributed by atoms with Gasteiger partial charge in [0.25, 0.3) is 0 Å². The highest BCUT2D eigenvalue weighted by atomic mass is 19.4. The van der Waals surface area contributed by atoms with Gasteiger partial charge in [-0.15, -0.1) is 0 Å². The minimum Gasteiger partial charge on any atom is -0.396 e. The maximum absolute atomic E-state index is 12.8. The number of hydrogen-bond acceptors (Lipinski definition) is 7. The summed E-state index contributed by atoms with van der Waals surface area (Å²) in [6, 6.07) is 5.16. The Balaban J connectivity index is 2.13. The highest BCUT2D eigenvalue weighted by Crippen LogP contribution is 2.29. The van der Waals surface area contributed by atoms with E-state index >= 15 is 0 Å². The number of alkyl halides is 3. The summed E-state index contributed by atoms with van der Waals surface area (Å²) in [4.78, 5) is 12.7. The van der Waals surface area contributed by atoms with Gasteiger partial charge in [-0.1, -0.05) is 12.1 Å². The Hall–Kier alpha value is -2.62. The van der Waals surface area contributed by atoms with Crippen LogP contribution in [-0.4, -0.2) is 39.3 Å². The molecule has 10 heteroatoms. The molecule has 2 aromatic rings. The number of hydrogen-bond donors (Lipinski definition) is 4. The van der Waals surface area contributed by atoms with Gasteiger partial charge in [-0.05, 0) is 38.0 Å². The molecule has 0 unspecified atom stereocenters. The molecule has 1 aromatic carbocycles. The molecule has 0 bridgehead atoms. The maximum Gasteiger partial charge on any atom is 0.416 e. The Kier molecular flexibility index (Phi) is 7.17. The molecular formula is C17H23F3N6O. The van der Waals surface area contributed by atoms with Crippen molar-refractivity contribution in [2.24, 2.45) is 0 Å². The highest BCUT2D eigenvalue weighted by molar-refractivity contribution is 5.43. The second-order valence-electron chi connectivity index (χ2n) is 6.16.